The van der Waals surface area contributed by atoms with Crippen LogP contribution in [-0.4, -0.2) is 5.11 Å². The summed E-state index contributed by atoms with van der Waals surface area (Å²) in [6.07, 6.45) is 1.31. The van der Waals surface area contributed by atoms with Crippen molar-refractivity contribution in [2.45, 2.75) is 32.8 Å². The zero-order valence-corrected chi connectivity index (χ0v) is 11.1. The Hall–Kier alpha value is -1.60. The lowest BCUT2D eigenvalue weighted by atomic mass is 9.96. The molecule has 2 aromatic rings. The first-order chi connectivity index (χ1) is 8.66. The van der Waals surface area contributed by atoms with Crippen LogP contribution in [0.1, 0.15) is 34.8 Å². The van der Waals surface area contributed by atoms with Gasteiger partial charge in [-0.1, -0.05) is 54.1 Å². The van der Waals surface area contributed by atoms with Crippen LogP contribution >= 0.6 is 0 Å². The summed E-state index contributed by atoms with van der Waals surface area (Å²) in [6, 6.07) is 16.6. The predicted octanol–water partition coefficient (Wildman–Crippen LogP) is 3.97. The lowest BCUT2D eigenvalue weighted by molar-refractivity contribution is 0.167. The highest BCUT2D eigenvalue weighted by Gasteiger charge is 2.10. The van der Waals surface area contributed by atoms with Crippen LogP contribution < -0.4 is 0 Å². The van der Waals surface area contributed by atoms with Gasteiger partial charge >= 0.3 is 0 Å². The molecule has 0 fully saturated rings. The lowest BCUT2D eigenvalue weighted by Crippen LogP contribution is -2.02. The first kappa shape index (κ1) is 12.8. The second-order valence-electron chi connectivity index (χ2n) is 4.90. The Morgan fingerprint density at radius 3 is 2.44 bits per heavy atom. The zero-order valence-electron chi connectivity index (χ0n) is 11.1. The molecule has 0 amide bonds. The molecule has 0 saturated carbocycles. The number of rotatable bonds is 4. The molecule has 1 atom stereocenters. The number of aliphatic hydroxyl groups excluding tert-OH is 1. The van der Waals surface area contributed by atoms with E-state index in [0.717, 1.165) is 18.4 Å². The summed E-state index contributed by atoms with van der Waals surface area (Å²) in [5.41, 5.74) is 4.71. The van der Waals surface area contributed by atoms with Crippen LogP contribution in [0, 0.1) is 13.8 Å². The molecular weight excluding hydrogens is 220 g/mol. The molecule has 0 bridgehead atoms. The molecule has 0 aliphatic heterocycles. The van der Waals surface area contributed by atoms with E-state index < -0.39 is 0 Å². The quantitative estimate of drug-likeness (QED) is 0.857. The normalized spacial score (nSPS) is 12.4. The molecule has 1 nitrogen and oxygen atoms in total. The third-order valence-corrected chi connectivity index (χ3v) is 3.34. The molecule has 0 aromatic heterocycles. The Bertz CT molecular complexity index is 502. The molecule has 0 saturated heterocycles. The Kier molecular flexibility index (Phi) is 4.16. The highest BCUT2D eigenvalue weighted by atomic mass is 16.3. The topological polar surface area (TPSA) is 20.2 Å². The van der Waals surface area contributed by atoms with Crippen molar-refractivity contribution < 1.29 is 5.11 Å². The number of benzene rings is 2. The fraction of sp³-hybridized carbons (Fsp3) is 0.294. The van der Waals surface area contributed by atoms with Crippen molar-refractivity contribution in [1.82, 2.24) is 0 Å². The SMILES string of the molecule is Cc1ccc(C)c(C(O)CCc2ccccc2)c1. The summed E-state index contributed by atoms with van der Waals surface area (Å²) in [5.74, 6) is 0. The summed E-state index contributed by atoms with van der Waals surface area (Å²) in [4.78, 5) is 0. The maximum Gasteiger partial charge on any atom is 0.0795 e. The van der Waals surface area contributed by atoms with Crippen LogP contribution in [0.15, 0.2) is 48.5 Å². The molecule has 0 radical (unpaired) electrons. The molecule has 2 aromatic carbocycles. The van der Waals surface area contributed by atoms with Crippen molar-refractivity contribution >= 4 is 0 Å². The molecule has 94 valence electrons. The lowest BCUT2D eigenvalue weighted by Gasteiger charge is -2.14. The summed E-state index contributed by atoms with van der Waals surface area (Å²) < 4.78 is 0. The van der Waals surface area contributed by atoms with Crippen molar-refractivity contribution in [1.29, 1.82) is 0 Å². The van der Waals surface area contributed by atoms with Gasteiger partial charge in [0.25, 0.3) is 0 Å². The summed E-state index contributed by atoms with van der Waals surface area (Å²) >= 11 is 0. The molecule has 0 spiro atoms. The van der Waals surface area contributed by atoms with Crippen LogP contribution in [0.2, 0.25) is 0 Å². The van der Waals surface area contributed by atoms with E-state index in [-0.39, 0.29) is 6.10 Å². The molecule has 18 heavy (non-hydrogen) atoms. The monoisotopic (exact) mass is 240 g/mol. The van der Waals surface area contributed by atoms with Gasteiger partial charge in [-0.3, -0.25) is 0 Å². The maximum atomic E-state index is 10.3. The number of hydrogen-bond donors (Lipinski definition) is 1. The van der Waals surface area contributed by atoms with Gasteiger partial charge in [-0.05, 0) is 43.4 Å². The van der Waals surface area contributed by atoms with Crippen LogP contribution in [0.5, 0.6) is 0 Å². The molecule has 0 aliphatic carbocycles. The fourth-order valence-electron chi connectivity index (χ4n) is 2.22. The summed E-state index contributed by atoms with van der Waals surface area (Å²) in [7, 11) is 0. The average Bonchev–Trinajstić information content (AvgIpc) is 2.40. The Morgan fingerprint density at radius 1 is 1.00 bits per heavy atom. The van der Waals surface area contributed by atoms with E-state index in [4.69, 9.17) is 0 Å². The van der Waals surface area contributed by atoms with Crippen molar-refractivity contribution in [2.75, 3.05) is 0 Å². The first-order valence-electron chi connectivity index (χ1n) is 6.46. The molecule has 0 aliphatic rings. The average molecular weight is 240 g/mol. The highest BCUT2D eigenvalue weighted by molar-refractivity contribution is 5.32. The molecular formula is C17H20O. The van der Waals surface area contributed by atoms with Gasteiger partial charge in [0.05, 0.1) is 6.10 Å². The van der Waals surface area contributed by atoms with Crippen molar-refractivity contribution in [3.8, 4) is 0 Å². The van der Waals surface area contributed by atoms with Gasteiger partial charge in [-0.2, -0.15) is 0 Å². The second kappa shape index (κ2) is 5.83. The maximum absolute atomic E-state index is 10.3. The zero-order chi connectivity index (χ0) is 13.0. The Balaban J connectivity index is 2.03. The van der Waals surface area contributed by atoms with E-state index in [9.17, 15) is 5.11 Å². The Labute approximate surface area is 109 Å². The van der Waals surface area contributed by atoms with Gasteiger partial charge in [0, 0.05) is 0 Å². The minimum atomic E-state index is -0.370. The van der Waals surface area contributed by atoms with Gasteiger partial charge in [0.15, 0.2) is 0 Å². The van der Waals surface area contributed by atoms with E-state index in [1.807, 2.05) is 18.2 Å². The van der Waals surface area contributed by atoms with Crippen LogP contribution in [0.25, 0.3) is 0 Å². The first-order valence-corrected chi connectivity index (χ1v) is 6.46. The van der Waals surface area contributed by atoms with E-state index in [1.54, 1.807) is 0 Å². The Morgan fingerprint density at radius 2 is 1.72 bits per heavy atom. The molecule has 1 unspecified atom stereocenters. The number of aryl methyl sites for hydroxylation is 3. The molecule has 0 heterocycles. The van der Waals surface area contributed by atoms with Crippen LogP contribution in [0.4, 0.5) is 0 Å². The van der Waals surface area contributed by atoms with Crippen molar-refractivity contribution in [3.05, 3.63) is 70.8 Å². The third kappa shape index (κ3) is 3.21. The standard InChI is InChI=1S/C17H20O/c1-13-8-9-14(2)16(12-13)17(18)11-10-15-6-4-3-5-7-15/h3-9,12,17-18H,10-11H2,1-2H3. The third-order valence-electron chi connectivity index (χ3n) is 3.34. The predicted molar refractivity (Wildman–Crippen MR) is 75.6 cm³/mol. The van der Waals surface area contributed by atoms with Gasteiger partial charge < -0.3 is 5.11 Å². The smallest absolute Gasteiger partial charge is 0.0795 e. The van der Waals surface area contributed by atoms with Gasteiger partial charge in [-0.25, -0.2) is 0 Å². The number of hydrogen-bond acceptors (Lipinski definition) is 1. The molecule has 1 heteroatoms. The minimum absolute atomic E-state index is 0.370. The fourth-order valence-corrected chi connectivity index (χ4v) is 2.22. The van der Waals surface area contributed by atoms with Crippen LogP contribution in [-0.2, 0) is 6.42 Å². The number of aliphatic hydroxyl groups is 1. The van der Waals surface area contributed by atoms with Gasteiger partial charge in [-0.15, -0.1) is 0 Å². The van der Waals surface area contributed by atoms with E-state index in [0.29, 0.717) is 0 Å². The highest BCUT2D eigenvalue weighted by Crippen LogP contribution is 2.23. The van der Waals surface area contributed by atoms with E-state index in [1.165, 1.54) is 16.7 Å². The van der Waals surface area contributed by atoms with E-state index in [2.05, 4.69) is 44.2 Å². The van der Waals surface area contributed by atoms with Gasteiger partial charge in [0.1, 0.15) is 0 Å². The van der Waals surface area contributed by atoms with Crippen molar-refractivity contribution in [3.63, 3.8) is 0 Å². The minimum Gasteiger partial charge on any atom is -0.388 e. The summed E-state index contributed by atoms with van der Waals surface area (Å²) in [5, 5.41) is 10.3. The van der Waals surface area contributed by atoms with E-state index >= 15 is 0 Å². The van der Waals surface area contributed by atoms with Crippen molar-refractivity contribution in [2.24, 2.45) is 0 Å². The molecule has 1 N–H and O–H groups in total. The van der Waals surface area contributed by atoms with Gasteiger partial charge in [0.2, 0.25) is 0 Å². The molecule has 2 rings (SSSR count). The largest absolute Gasteiger partial charge is 0.388 e. The summed E-state index contributed by atoms with van der Waals surface area (Å²) in [6.45, 7) is 4.12. The second-order valence-corrected chi connectivity index (χ2v) is 4.90. The van der Waals surface area contributed by atoms with Crippen LogP contribution in [0.3, 0.4) is 0 Å².